The zero-order valence-corrected chi connectivity index (χ0v) is 11.9. The highest BCUT2D eigenvalue weighted by Gasteiger charge is 2.11. The molecular weight excluding hydrogens is 257 g/mol. The highest BCUT2D eigenvalue weighted by molar-refractivity contribution is 5.95. The molecule has 106 valence electrons. The number of nitrogens with one attached hydrogen (secondary N) is 1. The summed E-state index contributed by atoms with van der Waals surface area (Å²) < 4.78 is 14.8. The molecule has 2 aromatic rings. The van der Waals surface area contributed by atoms with Crippen LogP contribution in [0.5, 0.6) is 0 Å². The summed E-state index contributed by atoms with van der Waals surface area (Å²) >= 11 is 0. The molecule has 5 heteroatoms. The van der Waals surface area contributed by atoms with Crippen LogP contribution in [0.1, 0.15) is 34.1 Å². The van der Waals surface area contributed by atoms with Gasteiger partial charge in [0.25, 0.3) is 5.91 Å². The number of rotatable bonds is 4. The van der Waals surface area contributed by atoms with Gasteiger partial charge in [0, 0.05) is 30.9 Å². The highest BCUT2D eigenvalue weighted by Crippen LogP contribution is 2.11. The number of halogens is 1. The van der Waals surface area contributed by atoms with Gasteiger partial charge in [-0.3, -0.25) is 9.48 Å². The molecule has 0 saturated carbocycles. The molecule has 4 nitrogen and oxygen atoms in total. The number of aryl methyl sites for hydroxylation is 3. The number of aromatic nitrogens is 2. The highest BCUT2D eigenvalue weighted by atomic mass is 19.1. The van der Waals surface area contributed by atoms with E-state index < -0.39 is 0 Å². The van der Waals surface area contributed by atoms with Crippen LogP contribution in [0.2, 0.25) is 0 Å². The van der Waals surface area contributed by atoms with Gasteiger partial charge < -0.3 is 5.32 Å². The van der Waals surface area contributed by atoms with E-state index in [1.807, 2.05) is 20.2 Å². The lowest BCUT2D eigenvalue weighted by Crippen LogP contribution is -2.24. The molecule has 1 aromatic heterocycles. The Bertz CT molecular complexity index is 634. The summed E-state index contributed by atoms with van der Waals surface area (Å²) in [5.41, 5.74) is 3.10. The van der Waals surface area contributed by atoms with E-state index in [2.05, 4.69) is 10.4 Å². The van der Waals surface area contributed by atoms with Crippen molar-refractivity contribution in [3.05, 3.63) is 52.6 Å². The lowest BCUT2D eigenvalue weighted by atomic mass is 10.1. The van der Waals surface area contributed by atoms with Crippen LogP contribution in [0, 0.1) is 12.7 Å². The normalized spacial score (nSPS) is 10.6. The van der Waals surface area contributed by atoms with Crippen molar-refractivity contribution in [2.24, 2.45) is 7.05 Å². The first-order valence-corrected chi connectivity index (χ1v) is 6.57. The molecule has 0 aliphatic rings. The van der Waals surface area contributed by atoms with Gasteiger partial charge in [-0.2, -0.15) is 5.10 Å². The number of benzene rings is 1. The summed E-state index contributed by atoms with van der Waals surface area (Å²) in [4.78, 5) is 12.1. The first kappa shape index (κ1) is 14.2. The molecule has 0 saturated heterocycles. The minimum absolute atomic E-state index is 0.201. The van der Waals surface area contributed by atoms with Gasteiger partial charge in [0.05, 0.1) is 5.69 Å². The molecule has 0 radical (unpaired) electrons. The Kier molecular flexibility index (Phi) is 4.17. The van der Waals surface area contributed by atoms with Crippen LogP contribution in [0.15, 0.2) is 24.4 Å². The molecule has 1 N–H and O–H groups in total. The molecule has 0 unspecified atom stereocenters. The number of hydrogen-bond acceptors (Lipinski definition) is 2. The molecule has 0 atom stereocenters. The van der Waals surface area contributed by atoms with Crippen LogP contribution in [-0.2, 0) is 20.0 Å². The van der Waals surface area contributed by atoms with Crippen LogP contribution in [0.3, 0.4) is 0 Å². The average Bonchev–Trinajstić information content (AvgIpc) is 2.76. The lowest BCUT2D eigenvalue weighted by molar-refractivity contribution is 0.0950. The maximum absolute atomic E-state index is 13.0. The van der Waals surface area contributed by atoms with E-state index in [0.29, 0.717) is 17.7 Å². The molecule has 1 heterocycles. The van der Waals surface area contributed by atoms with Crippen molar-refractivity contribution in [3.63, 3.8) is 0 Å². The first-order chi connectivity index (χ1) is 9.51. The van der Waals surface area contributed by atoms with Crippen LogP contribution in [0.25, 0.3) is 0 Å². The fraction of sp³-hybridized carbons (Fsp3) is 0.333. The standard InChI is InChI=1S/C15H18FN3O/c1-4-14-11(9-19(3)18-14)8-17-15(20)13-6-5-12(16)7-10(13)2/h5-7,9H,4,8H2,1-3H3,(H,17,20). The average molecular weight is 275 g/mol. The molecule has 1 aromatic carbocycles. The summed E-state index contributed by atoms with van der Waals surface area (Å²) in [6, 6.07) is 4.16. The van der Waals surface area contributed by atoms with E-state index in [-0.39, 0.29) is 11.7 Å². The SMILES string of the molecule is CCc1nn(C)cc1CNC(=O)c1ccc(F)cc1C. The van der Waals surface area contributed by atoms with Crippen LogP contribution < -0.4 is 5.32 Å². The van der Waals surface area contributed by atoms with E-state index in [0.717, 1.165) is 17.7 Å². The summed E-state index contributed by atoms with van der Waals surface area (Å²) in [7, 11) is 1.86. The number of carbonyl (C=O) groups is 1. The summed E-state index contributed by atoms with van der Waals surface area (Å²) in [6.45, 7) is 4.17. The molecule has 2 rings (SSSR count). The van der Waals surface area contributed by atoms with Crippen LogP contribution in [-0.4, -0.2) is 15.7 Å². The van der Waals surface area contributed by atoms with E-state index in [1.54, 1.807) is 11.6 Å². The van der Waals surface area contributed by atoms with Crippen molar-refractivity contribution in [1.29, 1.82) is 0 Å². The fourth-order valence-corrected chi connectivity index (χ4v) is 2.18. The smallest absolute Gasteiger partial charge is 0.251 e. The largest absolute Gasteiger partial charge is 0.348 e. The zero-order valence-electron chi connectivity index (χ0n) is 11.9. The Labute approximate surface area is 117 Å². The molecular formula is C15H18FN3O. The van der Waals surface area contributed by atoms with Crippen molar-refractivity contribution >= 4 is 5.91 Å². The van der Waals surface area contributed by atoms with Crippen molar-refractivity contribution in [2.75, 3.05) is 0 Å². The van der Waals surface area contributed by atoms with Gasteiger partial charge in [-0.05, 0) is 37.1 Å². The molecule has 0 aliphatic heterocycles. The molecule has 1 amide bonds. The molecule has 20 heavy (non-hydrogen) atoms. The molecule has 0 spiro atoms. The van der Waals surface area contributed by atoms with E-state index in [1.165, 1.54) is 18.2 Å². The maximum Gasteiger partial charge on any atom is 0.251 e. The Hall–Kier alpha value is -2.17. The monoisotopic (exact) mass is 275 g/mol. The van der Waals surface area contributed by atoms with Gasteiger partial charge in [-0.1, -0.05) is 6.92 Å². The number of carbonyl (C=O) groups excluding carboxylic acids is 1. The number of amides is 1. The quantitative estimate of drug-likeness (QED) is 0.931. The third kappa shape index (κ3) is 3.04. The Balaban J connectivity index is 2.08. The summed E-state index contributed by atoms with van der Waals surface area (Å²) in [6.07, 6.45) is 2.72. The Morgan fingerprint density at radius 2 is 2.20 bits per heavy atom. The Morgan fingerprint density at radius 3 is 2.85 bits per heavy atom. The number of hydrogen-bond donors (Lipinski definition) is 1. The minimum atomic E-state index is -0.334. The third-order valence-electron chi connectivity index (χ3n) is 3.20. The van der Waals surface area contributed by atoms with Gasteiger partial charge in [0.1, 0.15) is 5.82 Å². The molecule has 0 bridgehead atoms. The number of nitrogens with zero attached hydrogens (tertiary/aromatic N) is 2. The second kappa shape index (κ2) is 5.86. The van der Waals surface area contributed by atoms with E-state index >= 15 is 0 Å². The van der Waals surface area contributed by atoms with E-state index in [9.17, 15) is 9.18 Å². The van der Waals surface area contributed by atoms with Crippen LogP contribution >= 0.6 is 0 Å². The van der Waals surface area contributed by atoms with Gasteiger partial charge in [-0.25, -0.2) is 4.39 Å². The second-order valence-electron chi connectivity index (χ2n) is 4.77. The van der Waals surface area contributed by atoms with Gasteiger partial charge >= 0.3 is 0 Å². The van der Waals surface area contributed by atoms with Gasteiger partial charge in [-0.15, -0.1) is 0 Å². The lowest BCUT2D eigenvalue weighted by Gasteiger charge is -2.07. The summed E-state index contributed by atoms with van der Waals surface area (Å²) in [5, 5.41) is 7.17. The third-order valence-corrected chi connectivity index (χ3v) is 3.20. The van der Waals surface area contributed by atoms with Crippen molar-refractivity contribution in [2.45, 2.75) is 26.8 Å². The fourth-order valence-electron chi connectivity index (χ4n) is 2.18. The van der Waals surface area contributed by atoms with Gasteiger partial charge in [0.2, 0.25) is 0 Å². The van der Waals surface area contributed by atoms with Crippen LogP contribution in [0.4, 0.5) is 4.39 Å². The van der Waals surface area contributed by atoms with Crippen molar-refractivity contribution in [3.8, 4) is 0 Å². The zero-order chi connectivity index (χ0) is 14.7. The predicted molar refractivity (Wildman–Crippen MR) is 74.9 cm³/mol. The Morgan fingerprint density at radius 1 is 1.45 bits per heavy atom. The minimum Gasteiger partial charge on any atom is -0.348 e. The second-order valence-corrected chi connectivity index (χ2v) is 4.77. The topological polar surface area (TPSA) is 46.9 Å². The molecule has 0 aliphatic carbocycles. The van der Waals surface area contributed by atoms with E-state index in [4.69, 9.17) is 0 Å². The first-order valence-electron chi connectivity index (χ1n) is 6.57. The van der Waals surface area contributed by atoms with Crippen molar-refractivity contribution < 1.29 is 9.18 Å². The van der Waals surface area contributed by atoms with Gasteiger partial charge in [0.15, 0.2) is 0 Å². The summed E-state index contributed by atoms with van der Waals surface area (Å²) in [5.74, 6) is -0.534. The maximum atomic E-state index is 13.0. The van der Waals surface area contributed by atoms with Crippen molar-refractivity contribution in [1.82, 2.24) is 15.1 Å². The predicted octanol–water partition coefficient (Wildman–Crippen LogP) is 2.36. The molecule has 0 fully saturated rings.